The van der Waals surface area contributed by atoms with Crippen molar-refractivity contribution >= 4 is 0 Å². The van der Waals surface area contributed by atoms with Crippen molar-refractivity contribution < 1.29 is 5.11 Å². The van der Waals surface area contributed by atoms with E-state index in [-0.39, 0.29) is 0 Å². The van der Waals surface area contributed by atoms with E-state index in [0.717, 1.165) is 19.4 Å². The second kappa shape index (κ2) is 6.93. The minimum absolute atomic E-state index is 0.447. The molecule has 2 aliphatic rings. The fourth-order valence-corrected chi connectivity index (χ4v) is 4.18. The molecule has 2 aliphatic carbocycles. The smallest absolute Gasteiger partial charge is 0.0771 e. The van der Waals surface area contributed by atoms with Crippen LogP contribution in [0.3, 0.4) is 0 Å². The molecular weight excluding hydrogens is 258 g/mol. The highest BCUT2D eigenvalue weighted by atomic mass is 16.3. The Morgan fingerprint density at radius 1 is 0.952 bits per heavy atom. The minimum atomic E-state index is -0.447. The molecule has 0 amide bonds. The van der Waals surface area contributed by atoms with Gasteiger partial charge in [-0.2, -0.15) is 0 Å². The van der Waals surface area contributed by atoms with Crippen molar-refractivity contribution in [3.05, 3.63) is 35.9 Å². The average Bonchev–Trinajstić information content (AvgIpc) is 2.55. The molecule has 0 aliphatic heterocycles. The van der Waals surface area contributed by atoms with E-state index in [1.807, 2.05) is 0 Å². The topological polar surface area (TPSA) is 32.3 Å². The largest absolute Gasteiger partial charge is 0.389 e. The molecule has 1 aromatic rings. The van der Waals surface area contributed by atoms with E-state index in [4.69, 9.17) is 0 Å². The Morgan fingerprint density at radius 3 is 2.43 bits per heavy atom. The summed E-state index contributed by atoms with van der Waals surface area (Å²) in [5.41, 5.74) is 1.02. The van der Waals surface area contributed by atoms with Crippen LogP contribution in [-0.2, 0) is 0 Å². The molecule has 21 heavy (non-hydrogen) atoms. The summed E-state index contributed by atoms with van der Waals surface area (Å²) < 4.78 is 0. The van der Waals surface area contributed by atoms with Crippen LogP contribution in [0.2, 0.25) is 0 Å². The van der Waals surface area contributed by atoms with Gasteiger partial charge >= 0.3 is 0 Å². The van der Waals surface area contributed by atoms with Crippen molar-refractivity contribution in [2.24, 2.45) is 0 Å². The number of hydrogen-bond donors (Lipinski definition) is 2. The predicted molar refractivity (Wildman–Crippen MR) is 87.5 cm³/mol. The maximum absolute atomic E-state index is 10.7. The number of rotatable bonds is 4. The Morgan fingerprint density at radius 2 is 1.67 bits per heavy atom. The first-order chi connectivity index (χ1) is 10.3. The minimum Gasteiger partial charge on any atom is -0.389 e. The van der Waals surface area contributed by atoms with E-state index in [1.165, 1.54) is 50.5 Å². The van der Waals surface area contributed by atoms with E-state index in [0.29, 0.717) is 12.0 Å². The lowest BCUT2D eigenvalue weighted by molar-refractivity contribution is 0.00101. The van der Waals surface area contributed by atoms with Crippen molar-refractivity contribution in [3.8, 4) is 0 Å². The molecule has 2 N–H and O–H groups in total. The highest BCUT2D eigenvalue weighted by Gasteiger charge is 2.32. The average molecular weight is 287 g/mol. The summed E-state index contributed by atoms with van der Waals surface area (Å²) in [5, 5.41) is 14.4. The van der Waals surface area contributed by atoms with Crippen LogP contribution in [0, 0.1) is 0 Å². The molecule has 0 radical (unpaired) electrons. The van der Waals surface area contributed by atoms with E-state index >= 15 is 0 Å². The molecule has 2 saturated carbocycles. The molecule has 1 aromatic carbocycles. The van der Waals surface area contributed by atoms with Gasteiger partial charge < -0.3 is 10.4 Å². The van der Waals surface area contributed by atoms with Gasteiger partial charge in [-0.15, -0.1) is 0 Å². The highest BCUT2D eigenvalue weighted by Crippen LogP contribution is 2.34. The van der Waals surface area contributed by atoms with Gasteiger partial charge in [-0.05, 0) is 37.2 Å². The van der Waals surface area contributed by atoms with Crippen LogP contribution in [0.5, 0.6) is 0 Å². The Labute approximate surface area is 129 Å². The van der Waals surface area contributed by atoms with Crippen LogP contribution in [0.15, 0.2) is 30.3 Å². The predicted octanol–water partition coefficient (Wildman–Crippen LogP) is 4.00. The summed E-state index contributed by atoms with van der Waals surface area (Å²) in [6, 6.07) is 11.5. The van der Waals surface area contributed by atoms with Gasteiger partial charge in [0.25, 0.3) is 0 Å². The van der Waals surface area contributed by atoms with Crippen molar-refractivity contribution in [3.63, 3.8) is 0 Å². The van der Waals surface area contributed by atoms with Crippen LogP contribution >= 0.6 is 0 Å². The Bertz CT molecular complexity index is 424. The second-order valence-corrected chi connectivity index (χ2v) is 7.07. The molecule has 0 spiro atoms. The molecule has 2 fully saturated rings. The number of benzene rings is 1. The molecule has 116 valence electrons. The van der Waals surface area contributed by atoms with Gasteiger partial charge in [0.15, 0.2) is 0 Å². The first kappa shape index (κ1) is 15.1. The Hall–Kier alpha value is -0.860. The van der Waals surface area contributed by atoms with Crippen LogP contribution < -0.4 is 5.32 Å². The van der Waals surface area contributed by atoms with Gasteiger partial charge in [-0.1, -0.05) is 62.4 Å². The first-order valence-electron chi connectivity index (χ1n) is 8.78. The molecular formula is C19H29NO. The van der Waals surface area contributed by atoms with Gasteiger partial charge in [0.1, 0.15) is 0 Å². The van der Waals surface area contributed by atoms with Gasteiger partial charge in [0, 0.05) is 12.6 Å². The summed E-state index contributed by atoms with van der Waals surface area (Å²) in [4.78, 5) is 0. The first-order valence-corrected chi connectivity index (χ1v) is 8.78. The molecule has 3 rings (SSSR count). The van der Waals surface area contributed by atoms with Crippen molar-refractivity contribution in [2.75, 3.05) is 6.54 Å². The highest BCUT2D eigenvalue weighted by molar-refractivity contribution is 5.22. The fraction of sp³-hybridized carbons (Fsp3) is 0.684. The monoisotopic (exact) mass is 287 g/mol. The molecule has 2 heteroatoms. The fourth-order valence-electron chi connectivity index (χ4n) is 4.18. The summed E-state index contributed by atoms with van der Waals surface area (Å²) in [6.45, 7) is 0.779. The lowest BCUT2D eigenvalue weighted by Crippen LogP contribution is -2.48. The zero-order valence-corrected chi connectivity index (χ0v) is 13.1. The Balaban J connectivity index is 1.62. The third-order valence-electron chi connectivity index (χ3n) is 5.47. The number of aliphatic hydroxyl groups is 1. The van der Waals surface area contributed by atoms with Crippen molar-refractivity contribution in [1.82, 2.24) is 5.32 Å². The lowest BCUT2D eigenvalue weighted by atomic mass is 9.79. The third kappa shape index (κ3) is 3.87. The molecule has 0 aromatic heterocycles. The summed E-state index contributed by atoms with van der Waals surface area (Å²) in [7, 11) is 0. The van der Waals surface area contributed by atoms with Crippen LogP contribution in [0.25, 0.3) is 0 Å². The standard InChI is InChI=1S/C19H29NO/c21-19(13-7-2-8-14-19)15-20-18-12-6-5-11-17(18)16-9-3-1-4-10-16/h1,3-4,9-10,17-18,20-21H,2,5-8,11-15H2. The number of hydrogen-bond acceptors (Lipinski definition) is 2. The molecule has 0 heterocycles. The van der Waals surface area contributed by atoms with Crippen molar-refractivity contribution in [1.29, 1.82) is 0 Å². The van der Waals surface area contributed by atoms with E-state index in [2.05, 4.69) is 35.6 Å². The maximum Gasteiger partial charge on any atom is 0.0771 e. The lowest BCUT2D eigenvalue weighted by Gasteiger charge is -2.38. The van der Waals surface area contributed by atoms with Gasteiger partial charge in [-0.3, -0.25) is 0 Å². The van der Waals surface area contributed by atoms with Gasteiger partial charge in [-0.25, -0.2) is 0 Å². The number of nitrogens with one attached hydrogen (secondary N) is 1. The molecule has 0 saturated heterocycles. The maximum atomic E-state index is 10.7. The van der Waals surface area contributed by atoms with Gasteiger partial charge in [0.2, 0.25) is 0 Å². The zero-order chi connectivity index (χ0) is 14.5. The normalized spacial score (nSPS) is 29.2. The van der Waals surface area contributed by atoms with E-state index < -0.39 is 5.60 Å². The van der Waals surface area contributed by atoms with E-state index in [1.54, 1.807) is 0 Å². The van der Waals surface area contributed by atoms with Crippen molar-refractivity contribution in [2.45, 2.75) is 75.3 Å². The van der Waals surface area contributed by atoms with Crippen LogP contribution in [0.1, 0.15) is 69.3 Å². The summed E-state index contributed by atoms with van der Waals surface area (Å²) in [6.07, 6.45) is 10.8. The van der Waals surface area contributed by atoms with Gasteiger partial charge in [0.05, 0.1) is 5.60 Å². The molecule has 2 unspecified atom stereocenters. The molecule has 2 nitrogen and oxygen atoms in total. The quantitative estimate of drug-likeness (QED) is 0.877. The Kier molecular flexibility index (Phi) is 4.97. The zero-order valence-electron chi connectivity index (χ0n) is 13.1. The van der Waals surface area contributed by atoms with E-state index in [9.17, 15) is 5.11 Å². The molecule has 2 atom stereocenters. The third-order valence-corrected chi connectivity index (χ3v) is 5.47. The summed E-state index contributed by atoms with van der Waals surface area (Å²) in [5.74, 6) is 0.618. The van der Waals surface area contributed by atoms with Crippen LogP contribution in [-0.4, -0.2) is 23.3 Å². The second-order valence-electron chi connectivity index (χ2n) is 7.07. The molecule has 0 bridgehead atoms. The summed E-state index contributed by atoms with van der Waals surface area (Å²) >= 11 is 0. The van der Waals surface area contributed by atoms with Crippen LogP contribution in [0.4, 0.5) is 0 Å². The SMILES string of the molecule is OC1(CNC2CCCCC2c2ccccc2)CCCCC1.